The summed E-state index contributed by atoms with van der Waals surface area (Å²) in [4.78, 5) is 19.0. The van der Waals surface area contributed by atoms with E-state index in [1.54, 1.807) is 0 Å². The van der Waals surface area contributed by atoms with Crippen molar-refractivity contribution in [2.75, 3.05) is 19.6 Å². The van der Waals surface area contributed by atoms with Gasteiger partial charge in [0.1, 0.15) is 11.3 Å². The number of carbonyl (C=O) groups excluding carboxylic acids is 1. The number of fused-ring (bicyclic) bond motifs is 1. The number of hydrogen-bond donors (Lipinski definition) is 3. The van der Waals surface area contributed by atoms with Gasteiger partial charge in [-0.15, -0.1) is 0 Å². The number of carbonyl (C=O) groups is 1. The lowest BCUT2D eigenvalue weighted by atomic mass is 10.1. The first-order valence-electron chi connectivity index (χ1n) is 6.85. The van der Waals surface area contributed by atoms with Crippen LogP contribution in [0.25, 0.3) is 11.0 Å². The molecule has 0 spiro atoms. The summed E-state index contributed by atoms with van der Waals surface area (Å²) in [6.45, 7) is 2.67. The summed E-state index contributed by atoms with van der Waals surface area (Å²) in [6, 6.07) is 2.57. The highest BCUT2D eigenvalue weighted by atomic mass is 19.1. The Hall–Kier alpha value is -1.95. The van der Waals surface area contributed by atoms with Gasteiger partial charge in [0, 0.05) is 6.54 Å². The van der Waals surface area contributed by atoms with Crippen molar-refractivity contribution in [2.45, 2.75) is 12.8 Å². The van der Waals surface area contributed by atoms with E-state index < -0.39 is 5.82 Å². The smallest absolute Gasteiger partial charge is 0.253 e. The number of halogens is 1. The second-order valence-electron chi connectivity index (χ2n) is 5.16. The molecule has 1 aromatic carbocycles. The minimum atomic E-state index is -0.438. The summed E-state index contributed by atoms with van der Waals surface area (Å²) >= 11 is 0. The number of aromatic nitrogens is 2. The van der Waals surface area contributed by atoms with E-state index in [4.69, 9.17) is 0 Å². The van der Waals surface area contributed by atoms with E-state index >= 15 is 0 Å². The molecule has 3 rings (SSSR count). The first kappa shape index (κ1) is 13.1. The minimum Gasteiger partial charge on any atom is -0.352 e. The lowest BCUT2D eigenvalue weighted by Gasteiger charge is -2.09. The maximum Gasteiger partial charge on any atom is 0.253 e. The topological polar surface area (TPSA) is 69.8 Å². The lowest BCUT2D eigenvalue weighted by Crippen LogP contribution is -2.26. The second-order valence-corrected chi connectivity index (χ2v) is 5.16. The fraction of sp³-hybridized carbons (Fsp3) is 0.429. The van der Waals surface area contributed by atoms with Crippen molar-refractivity contribution < 1.29 is 9.18 Å². The molecule has 0 saturated carbocycles. The molecule has 3 N–H and O–H groups in total. The van der Waals surface area contributed by atoms with Gasteiger partial charge < -0.3 is 15.6 Å². The van der Waals surface area contributed by atoms with Crippen LogP contribution >= 0.6 is 0 Å². The van der Waals surface area contributed by atoms with E-state index in [0.29, 0.717) is 23.5 Å². The molecule has 0 radical (unpaired) electrons. The highest BCUT2D eigenvalue weighted by molar-refractivity contribution is 6.04. The quantitative estimate of drug-likeness (QED) is 0.791. The maximum absolute atomic E-state index is 13.5. The molecule has 0 aliphatic carbocycles. The molecule has 1 saturated heterocycles. The van der Waals surface area contributed by atoms with Gasteiger partial charge in [0.05, 0.1) is 17.4 Å². The molecular formula is C14H17FN4O. The minimum absolute atomic E-state index is 0.271. The molecule has 106 valence electrons. The molecule has 5 nitrogen and oxygen atoms in total. The predicted octanol–water partition coefficient (Wildman–Crippen LogP) is 1.43. The summed E-state index contributed by atoms with van der Waals surface area (Å²) in [5.41, 5.74) is 1.33. The number of benzene rings is 1. The Morgan fingerprint density at radius 1 is 1.50 bits per heavy atom. The number of imidazole rings is 1. The largest absolute Gasteiger partial charge is 0.352 e. The summed E-state index contributed by atoms with van der Waals surface area (Å²) in [5.74, 6) is -0.0901. The van der Waals surface area contributed by atoms with Crippen molar-refractivity contribution in [3.05, 3.63) is 29.8 Å². The van der Waals surface area contributed by atoms with E-state index in [2.05, 4.69) is 20.6 Å². The normalized spacial score (nSPS) is 18.6. The average Bonchev–Trinajstić information content (AvgIpc) is 3.08. The summed E-state index contributed by atoms with van der Waals surface area (Å²) in [7, 11) is 0. The van der Waals surface area contributed by atoms with Gasteiger partial charge in [0.2, 0.25) is 0 Å². The summed E-state index contributed by atoms with van der Waals surface area (Å²) < 4.78 is 13.5. The summed E-state index contributed by atoms with van der Waals surface area (Å²) in [6.07, 6.45) is 3.56. The third-order valence-electron chi connectivity index (χ3n) is 3.73. The number of aromatic amines is 1. The van der Waals surface area contributed by atoms with Crippen molar-refractivity contribution in [1.29, 1.82) is 0 Å². The molecule has 1 unspecified atom stereocenters. The molecule has 2 heterocycles. The zero-order valence-electron chi connectivity index (χ0n) is 11.1. The Bertz CT molecular complexity index is 619. The van der Waals surface area contributed by atoms with E-state index in [9.17, 15) is 9.18 Å². The van der Waals surface area contributed by atoms with Crippen molar-refractivity contribution in [2.24, 2.45) is 5.92 Å². The molecule has 1 atom stereocenters. The van der Waals surface area contributed by atoms with Gasteiger partial charge in [0.15, 0.2) is 0 Å². The lowest BCUT2D eigenvalue weighted by molar-refractivity contribution is 0.0952. The molecule has 1 aromatic heterocycles. The molecular weight excluding hydrogens is 259 g/mol. The van der Waals surface area contributed by atoms with Crippen LogP contribution in [0, 0.1) is 11.7 Å². The van der Waals surface area contributed by atoms with Gasteiger partial charge >= 0.3 is 0 Å². The Balaban J connectivity index is 1.67. The molecule has 1 aliphatic heterocycles. The number of rotatable bonds is 4. The SMILES string of the molecule is O=C(NCCC1CCNC1)c1cc(F)cc2[nH]cnc12. The number of amides is 1. The van der Waals surface area contributed by atoms with E-state index in [0.717, 1.165) is 25.9 Å². The van der Waals surface area contributed by atoms with Gasteiger partial charge in [-0.05, 0) is 44.0 Å². The van der Waals surface area contributed by atoms with Crippen molar-refractivity contribution >= 4 is 16.9 Å². The Labute approximate surface area is 116 Å². The number of H-pyrrole nitrogens is 1. The molecule has 20 heavy (non-hydrogen) atoms. The third-order valence-corrected chi connectivity index (χ3v) is 3.73. The van der Waals surface area contributed by atoms with Crippen LogP contribution < -0.4 is 10.6 Å². The monoisotopic (exact) mass is 276 g/mol. The van der Waals surface area contributed by atoms with Crippen molar-refractivity contribution in [3.63, 3.8) is 0 Å². The fourth-order valence-corrected chi connectivity index (χ4v) is 2.63. The Kier molecular flexibility index (Phi) is 3.64. The van der Waals surface area contributed by atoms with Gasteiger partial charge in [-0.25, -0.2) is 9.37 Å². The Morgan fingerprint density at radius 2 is 2.40 bits per heavy atom. The fourth-order valence-electron chi connectivity index (χ4n) is 2.63. The molecule has 1 aliphatic rings. The molecule has 1 fully saturated rings. The average molecular weight is 276 g/mol. The van der Waals surface area contributed by atoms with E-state index in [1.807, 2.05) is 0 Å². The maximum atomic E-state index is 13.5. The van der Waals surface area contributed by atoms with E-state index in [1.165, 1.54) is 18.5 Å². The number of nitrogens with one attached hydrogen (secondary N) is 3. The summed E-state index contributed by atoms with van der Waals surface area (Å²) in [5, 5.41) is 6.14. The Morgan fingerprint density at radius 3 is 3.20 bits per heavy atom. The van der Waals surface area contributed by atoms with Crippen molar-refractivity contribution in [3.8, 4) is 0 Å². The van der Waals surface area contributed by atoms with Crippen LogP contribution in [0.1, 0.15) is 23.2 Å². The van der Waals surface area contributed by atoms with Gasteiger partial charge in [-0.2, -0.15) is 0 Å². The molecule has 2 aromatic rings. The number of hydrogen-bond acceptors (Lipinski definition) is 3. The first-order valence-corrected chi connectivity index (χ1v) is 6.85. The molecule has 1 amide bonds. The van der Waals surface area contributed by atoms with Gasteiger partial charge in [-0.3, -0.25) is 4.79 Å². The van der Waals surface area contributed by atoms with Crippen molar-refractivity contribution in [1.82, 2.24) is 20.6 Å². The van der Waals surface area contributed by atoms with Crippen LogP contribution in [0.3, 0.4) is 0 Å². The van der Waals surface area contributed by atoms with Crippen LogP contribution in [-0.4, -0.2) is 35.5 Å². The third kappa shape index (κ3) is 2.65. The first-order chi connectivity index (χ1) is 9.74. The highest BCUT2D eigenvalue weighted by Crippen LogP contribution is 2.17. The van der Waals surface area contributed by atoms with E-state index in [-0.39, 0.29) is 11.5 Å². The second kappa shape index (κ2) is 5.58. The van der Waals surface area contributed by atoms with Gasteiger partial charge in [0.25, 0.3) is 5.91 Å². The van der Waals surface area contributed by atoms with Crippen LogP contribution in [0.15, 0.2) is 18.5 Å². The van der Waals surface area contributed by atoms with Gasteiger partial charge in [-0.1, -0.05) is 0 Å². The number of nitrogens with zero attached hydrogens (tertiary/aromatic N) is 1. The standard InChI is InChI=1S/C14H17FN4O/c15-10-5-11(13-12(6-10)18-8-19-13)14(20)17-4-2-9-1-3-16-7-9/h5-6,8-9,16H,1-4,7H2,(H,17,20)(H,18,19). The van der Waals surface area contributed by atoms with Crippen LogP contribution in [0.2, 0.25) is 0 Å². The zero-order valence-corrected chi connectivity index (χ0v) is 11.1. The van der Waals surface area contributed by atoms with Crippen LogP contribution in [0.5, 0.6) is 0 Å². The molecule has 6 heteroatoms. The predicted molar refractivity (Wildman–Crippen MR) is 74.0 cm³/mol. The van der Waals surface area contributed by atoms with Crippen LogP contribution in [-0.2, 0) is 0 Å². The zero-order chi connectivity index (χ0) is 13.9. The highest BCUT2D eigenvalue weighted by Gasteiger charge is 2.16. The molecule has 0 bridgehead atoms. The van der Waals surface area contributed by atoms with Crippen LogP contribution in [0.4, 0.5) is 4.39 Å².